The van der Waals surface area contributed by atoms with Crippen molar-refractivity contribution in [1.29, 1.82) is 0 Å². The van der Waals surface area contributed by atoms with Gasteiger partial charge in [-0.25, -0.2) is 0 Å². The van der Waals surface area contributed by atoms with E-state index in [9.17, 15) is 4.79 Å². The van der Waals surface area contributed by atoms with Crippen LogP contribution in [0.3, 0.4) is 0 Å². The molecule has 0 unspecified atom stereocenters. The van der Waals surface area contributed by atoms with Gasteiger partial charge >= 0.3 is 0 Å². The monoisotopic (exact) mass is 242 g/mol. The summed E-state index contributed by atoms with van der Waals surface area (Å²) in [5.74, 6) is 0.0190. The highest BCUT2D eigenvalue weighted by Gasteiger charge is 2.24. The Kier molecular flexibility index (Phi) is 5.89. The number of carbonyl (C=O) groups is 1. The van der Waals surface area contributed by atoms with Crippen molar-refractivity contribution in [2.24, 2.45) is 0 Å². The first-order valence-corrected chi connectivity index (χ1v) is 6.87. The first kappa shape index (κ1) is 13.6. The van der Waals surface area contributed by atoms with E-state index in [0.29, 0.717) is 18.5 Å². The minimum Gasteiger partial charge on any atom is -0.331 e. The van der Waals surface area contributed by atoms with Crippen LogP contribution in [-0.2, 0) is 13.8 Å². The maximum atomic E-state index is 12.0. The van der Waals surface area contributed by atoms with Gasteiger partial charge in [0.15, 0.2) is 5.78 Å². The molecule has 0 amide bonds. The molecule has 0 bridgehead atoms. The van der Waals surface area contributed by atoms with E-state index in [0.717, 1.165) is 24.8 Å². The molecule has 4 heteroatoms. The molecular weight excluding hydrogens is 223 g/mol. The molecule has 0 aliphatic heterocycles. The third-order valence-corrected chi connectivity index (χ3v) is 3.94. The van der Waals surface area contributed by atoms with Crippen LogP contribution in [0.4, 0.5) is 0 Å². The Bertz CT molecular complexity index is 291. The topological polar surface area (TPSA) is 35.5 Å². The van der Waals surface area contributed by atoms with Gasteiger partial charge in [0.05, 0.1) is 18.5 Å². The predicted molar refractivity (Wildman–Crippen MR) is 66.3 cm³/mol. The number of rotatable bonds is 7. The second-order valence-corrected chi connectivity index (χ2v) is 5.06. The van der Waals surface area contributed by atoms with Crippen molar-refractivity contribution in [3.63, 3.8) is 0 Å². The van der Waals surface area contributed by atoms with E-state index in [1.165, 1.54) is 0 Å². The van der Waals surface area contributed by atoms with Gasteiger partial charge in [-0.1, -0.05) is 12.7 Å². The summed E-state index contributed by atoms with van der Waals surface area (Å²) in [6, 6.07) is 0. The molecule has 0 radical (unpaired) electrons. The fourth-order valence-corrected chi connectivity index (χ4v) is 2.74. The molecule has 1 rings (SSSR count). The van der Waals surface area contributed by atoms with Crippen LogP contribution in [0.25, 0.3) is 0 Å². The average molecular weight is 242 g/mol. The second-order valence-electron chi connectivity index (χ2n) is 3.49. The van der Waals surface area contributed by atoms with E-state index < -0.39 is 8.38 Å². The zero-order valence-corrected chi connectivity index (χ0v) is 10.9. The summed E-state index contributed by atoms with van der Waals surface area (Å²) >= 11 is 0. The van der Waals surface area contributed by atoms with E-state index in [2.05, 4.69) is 6.58 Å². The number of Topliss-reactive ketones (excluding diaryl/α,β-unsaturated/α-hetero) is 1. The molecule has 0 saturated carbocycles. The van der Waals surface area contributed by atoms with Crippen molar-refractivity contribution in [2.75, 3.05) is 13.2 Å². The van der Waals surface area contributed by atoms with Crippen LogP contribution in [-0.4, -0.2) is 19.0 Å². The van der Waals surface area contributed by atoms with Crippen LogP contribution < -0.4 is 0 Å². The summed E-state index contributed by atoms with van der Waals surface area (Å²) in [5, 5.41) is 0.479. The van der Waals surface area contributed by atoms with Crippen molar-refractivity contribution in [2.45, 2.75) is 33.1 Å². The SMILES string of the molecule is C=C(C(=O)C1=CCCC1)P(OCC)OCC. The minimum absolute atomic E-state index is 0.0190. The maximum Gasteiger partial charge on any atom is 0.208 e. The third-order valence-electron chi connectivity index (χ3n) is 2.31. The normalized spacial score (nSPS) is 15.3. The summed E-state index contributed by atoms with van der Waals surface area (Å²) in [7, 11) is -1.26. The molecule has 3 nitrogen and oxygen atoms in total. The molecule has 0 saturated heterocycles. The third kappa shape index (κ3) is 3.51. The van der Waals surface area contributed by atoms with Crippen LogP contribution in [0, 0.1) is 0 Å². The fraction of sp³-hybridized carbons (Fsp3) is 0.583. The van der Waals surface area contributed by atoms with E-state index in [1.54, 1.807) is 0 Å². The van der Waals surface area contributed by atoms with Crippen molar-refractivity contribution >= 4 is 14.2 Å². The van der Waals surface area contributed by atoms with Crippen molar-refractivity contribution in [1.82, 2.24) is 0 Å². The molecule has 0 atom stereocenters. The minimum atomic E-state index is -1.26. The molecular formula is C12H19O3P. The molecule has 0 spiro atoms. The lowest BCUT2D eigenvalue weighted by atomic mass is 10.1. The lowest BCUT2D eigenvalue weighted by Crippen LogP contribution is -2.05. The lowest BCUT2D eigenvalue weighted by Gasteiger charge is -2.17. The van der Waals surface area contributed by atoms with E-state index in [1.807, 2.05) is 19.9 Å². The van der Waals surface area contributed by atoms with Gasteiger partial charge in [-0.2, -0.15) is 0 Å². The Labute approximate surface area is 98.4 Å². The summed E-state index contributed by atoms with van der Waals surface area (Å²) in [4.78, 5) is 12.0. The van der Waals surface area contributed by atoms with Crippen molar-refractivity contribution < 1.29 is 13.8 Å². The Hall–Kier alpha value is -0.500. The highest BCUT2D eigenvalue weighted by atomic mass is 31.2. The molecule has 90 valence electrons. The molecule has 0 aromatic rings. The Balaban J connectivity index is 2.62. The van der Waals surface area contributed by atoms with Crippen LogP contribution in [0.15, 0.2) is 23.5 Å². The maximum absolute atomic E-state index is 12.0. The summed E-state index contributed by atoms with van der Waals surface area (Å²) in [6.45, 7) is 8.68. The number of hydrogen-bond acceptors (Lipinski definition) is 3. The highest BCUT2D eigenvalue weighted by molar-refractivity contribution is 7.53. The largest absolute Gasteiger partial charge is 0.331 e. The van der Waals surface area contributed by atoms with E-state index >= 15 is 0 Å². The second kappa shape index (κ2) is 6.95. The van der Waals surface area contributed by atoms with E-state index in [4.69, 9.17) is 9.05 Å². The molecule has 0 aromatic carbocycles. The van der Waals surface area contributed by atoms with Gasteiger partial charge in [0.1, 0.15) is 0 Å². The number of allylic oxidation sites excluding steroid dienone is 3. The van der Waals surface area contributed by atoms with E-state index in [-0.39, 0.29) is 5.78 Å². The summed E-state index contributed by atoms with van der Waals surface area (Å²) in [5.41, 5.74) is 0.872. The number of carbonyl (C=O) groups excluding carboxylic acids is 1. The van der Waals surface area contributed by atoms with Gasteiger partial charge in [-0.3, -0.25) is 4.79 Å². The number of ketones is 1. The zero-order valence-electron chi connectivity index (χ0n) is 9.99. The first-order chi connectivity index (χ1) is 7.70. The van der Waals surface area contributed by atoms with Gasteiger partial charge in [0.25, 0.3) is 0 Å². The Morgan fingerprint density at radius 3 is 2.50 bits per heavy atom. The van der Waals surface area contributed by atoms with Crippen LogP contribution in [0.5, 0.6) is 0 Å². The Morgan fingerprint density at radius 1 is 1.44 bits per heavy atom. The molecule has 0 N–H and O–H groups in total. The molecule has 1 aliphatic carbocycles. The van der Waals surface area contributed by atoms with Crippen molar-refractivity contribution in [3.8, 4) is 0 Å². The summed E-state index contributed by atoms with van der Waals surface area (Å²) < 4.78 is 10.8. The van der Waals surface area contributed by atoms with Gasteiger partial charge in [-0.05, 0) is 38.7 Å². The first-order valence-electron chi connectivity index (χ1n) is 5.69. The van der Waals surface area contributed by atoms with Crippen molar-refractivity contribution in [3.05, 3.63) is 23.5 Å². The molecule has 0 aromatic heterocycles. The molecule has 0 fully saturated rings. The number of hydrogen-bond donors (Lipinski definition) is 0. The molecule has 1 aliphatic rings. The standard InChI is InChI=1S/C12H19O3P/c1-4-14-16(15-5-2)10(3)12(13)11-8-6-7-9-11/h8H,3-7,9H2,1-2H3. The molecule has 0 heterocycles. The fourth-order valence-electron chi connectivity index (χ4n) is 1.57. The van der Waals surface area contributed by atoms with Crippen LogP contribution in [0.1, 0.15) is 33.1 Å². The van der Waals surface area contributed by atoms with Crippen LogP contribution >= 0.6 is 8.38 Å². The predicted octanol–water partition coefficient (Wildman–Crippen LogP) is 3.56. The van der Waals surface area contributed by atoms with Gasteiger partial charge in [-0.15, -0.1) is 0 Å². The van der Waals surface area contributed by atoms with Gasteiger partial charge in [0, 0.05) is 0 Å². The average Bonchev–Trinajstić information content (AvgIpc) is 2.80. The van der Waals surface area contributed by atoms with Gasteiger partial charge in [0.2, 0.25) is 8.38 Å². The highest BCUT2D eigenvalue weighted by Crippen LogP contribution is 2.47. The lowest BCUT2D eigenvalue weighted by molar-refractivity contribution is -0.111. The van der Waals surface area contributed by atoms with Crippen LogP contribution in [0.2, 0.25) is 0 Å². The van der Waals surface area contributed by atoms with Gasteiger partial charge < -0.3 is 9.05 Å². The Morgan fingerprint density at radius 2 is 2.06 bits per heavy atom. The summed E-state index contributed by atoms with van der Waals surface area (Å²) in [6.07, 6.45) is 4.92. The molecule has 16 heavy (non-hydrogen) atoms. The smallest absolute Gasteiger partial charge is 0.208 e. The zero-order chi connectivity index (χ0) is 12.0. The quantitative estimate of drug-likeness (QED) is 0.505.